The number of nitrogens with zero attached hydrogens (tertiary/aromatic N) is 1. The van der Waals surface area contributed by atoms with Gasteiger partial charge in [-0.25, -0.2) is 5.43 Å². The summed E-state index contributed by atoms with van der Waals surface area (Å²) in [6, 6.07) is 16.7. The van der Waals surface area contributed by atoms with Crippen molar-refractivity contribution in [2.75, 3.05) is 13.2 Å². The van der Waals surface area contributed by atoms with Crippen LogP contribution in [0.2, 0.25) is 0 Å². The second-order valence-corrected chi connectivity index (χ2v) is 7.85. The van der Waals surface area contributed by atoms with Crippen molar-refractivity contribution < 1.29 is 19.1 Å². The highest BCUT2D eigenvalue weighted by Gasteiger charge is 2.19. The highest BCUT2D eigenvalue weighted by molar-refractivity contribution is 6.35. The van der Waals surface area contributed by atoms with Gasteiger partial charge < -0.3 is 15.4 Å². The summed E-state index contributed by atoms with van der Waals surface area (Å²) in [6.07, 6.45) is 2.16. The quantitative estimate of drug-likeness (QED) is 0.341. The summed E-state index contributed by atoms with van der Waals surface area (Å²) in [7, 11) is 0. The number of carbonyl (C=O) groups excluding carboxylic acids is 3. The summed E-state index contributed by atoms with van der Waals surface area (Å²) in [5.74, 6) is -1.26. The first-order valence-corrected chi connectivity index (χ1v) is 9.92. The number of carbonyl (C=O) groups is 3. The molecule has 3 amide bonds. The van der Waals surface area contributed by atoms with Crippen LogP contribution in [0.25, 0.3) is 0 Å². The normalized spacial score (nSPS) is 11.1. The zero-order valence-corrected chi connectivity index (χ0v) is 18.0. The molecule has 0 saturated heterocycles. The number of benzene rings is 2. The molecule has 0 aromatic heterocycles. The van der Waals surface area contributed by atoms with Gasteiger partial charge in [-0.15, -0.1) is 0 Å². The Labute approximate surface area is 182 Å². The summed E-state index contributed by atoms with van der Waals surface area (Å²) in [6.45, 7) is 5.79. The van der Waals surface area contributed by atoms with Crippen molar-refractivity contribution in [3.8, 4) is 5.75 Å². The molecule has 2 aromatic rings. The van der Waals surface area contributed by atoms with E-state index in [2.05, 4.69) is 21.2 Å². The van der Waals surface area contributed by atoms with Crippen LogP contribution >= 0.6 is 0 Å². The first-order valence-electron chi connectivity index (χ1n) is 9.92. The van der Waals surface area contributed by atoms with Crippen molar-refractivity contribution >= 4 is 23.9 Å². The molecule has 8 nitrogen and oxygen atoms in total. The van der Waals surface area contributed by atoms with E-state index in [-0.39, 0.29) is 12.5 Å². The second kappa shape index (κ2) is 11.5. The van der Waals surface area contributed by atoms with Crippen LogP contribution in [0.3, 0.4) is 0 Å². The summed E-state index contributed by atoms with van der Waals surface area (Å²) >= 11 is 0. The molecule has 0 spiro atoms. The van der Waals surface area contributed by atoms with Crippen LogP contribution < -0.4 is 20.8 Å². The molecule has 0 saturated carbocycles. The lowest BCUT2D eigenvalue weighted by molar-refractivity contribution is -0.140. The molecule has 0 aliphatic heterocycles. The van der Waals surface area contributed by atoms with Gasteiger partial charge >= 0.3 is 11.8 Å². The van der Waals surface area contributed by atoms with E-state index in [1.807, 2.05) is 30.3 Å². The van der Waals surface area contributed by atoms with Gasteiger partial charge in [0.1, 0.15) is 5.75 Å². The van der Waals surface area contributed by atoms with Crippen molar-refractivity contribution in [3.63, 3.8) is 0 Å². The molecule has 0 aliphatic rings. The number of ether oxygens (including phenoxy) is 1. The first kappa shape index (κ1) is 23.6. The van der Waals surface area contributed by atoms with Gasteiger partial charge in [0.25, 0.3) is 5.91 Å². The van der Waals surface area contributed by atoms with Crippen molar-refractivity contribution in [1.82, 2.24) is 16.1 Å². The van der Waals surface area contributed by atoms with E-state index in [0.29, 0.717) is 17.9 Å². The van der Waals surface area contributed by atoms with E-state index in [4.69, 9.17) is 4.74 Å². The second-order valence-electron chi connectivity index (χ2n) is 7.85. The standard InChI is InChI=1S/C23H28N4O4/c1-23(2,3)26-21(29)22(30)27-25-15-18-9-11-19(12-10-18)31-16-20(28)24-14-13-17-7-5-4-6-8-17/h4-12,15H,13-14,16H2,1-3H3,(H,24,28)(H,26,29)(H,27,30)/b25-15-. The minimum absolute atomic E-state index is 0.0822. The predicted molar refractivity (Wildman–Crippen MR) is 119 cm³/mol. The van der Waals surface area contributed by atoms with E-state index >= 15 is 0 Å². The fraction of sp³-hybridized carbons (Fsp3) is 0.304. The third kappa shape index (κ3) is 9.58. The minimum Gasteiger partial charge on any atom is -0.484 e. The Kier molecular flexibility index (Phi) is 8.75. The Morgan fingerprint density at radius 1 is 0.968 bits per heavy atom. The average Bonchev–Trinajstić information content (AvgIpc) is 2.72. The van der Waals surface area contributed by atoms with Crippen LogP contribution in [0.4, 0.5) is 0 Å². The Balaban J connectivity index is 1.70. The lowest BCUT2D eigenvalue weighted by Crippen LogP contribution is -2.47. The SMILES string of the molecule is CC(C)(C)NC(=O)C(=O)N/N=C\c1ccc(OCC(=O)NCCc2ccccc2)cc1. The molecule has 2 aromatic carbocycles. The Hall–Kier alpha value is -3.68. The van der Waals surface area contributed by atoms with Crippen LogP contribution in [0.15, 0.2) is 59.7 Å². The highest BCUT2D eigenvalue weighted by atomic mass is 16.5. The molecule has 0 atom stereocenters. The number of nitrogens with one attached hydrogen (secondary N) is 3. The summed E-state index contributed by atoms with van der Waals surface area (Å²) in [4.78, 5) is 35.2. The summed E-state index contributed by atoms with van der Waals surface area (Å²) in [5.41, 5.74) is 3.52. The molecule has 0 heterocycles. The van der Waals surface area contributed by atoms with Crippen LogP contribution in [0.5, 0.6) is 5.75 Å². The Morgan fingerprint density at radius 3 is 2.29 bits per heavy atom. The molecule has 0 unspecified atom stereocenters. The van der Waals surface area contributed by atoms with Gasteiger partial charge in [0, 0.05) is 12.1 Å². The topological polar surface area (TPSA) is 109 Å². The molecule has 164 valence electrons. The average molecular weight is 425 g/mol. The fourth-order valence-corrected chi connectivity index (χ4v) is 2.45. The third-order valence-electron chi connectivity index (χ3n) is 3.90. The monoisotopic (exact) mass is 424 g/mol. The smallest absolute Gasteiger partial charge is 0.329 e. The summed E-state index contributed by atoms with van der Waals surface area (Å²) < 4.78 is 5.47. The van der Waals surface area contributed by atoms with Crippen LogP contribution in [0.1, 0.15) is 31.9 Å². The van der Waals surface area contributed by atoms with E-state index in [1.54, 1.807) is 45.0 Å². The van der Waals surface area contributed by atoms with Gasteiger partial charge in [-0.05, 0) is 62.6 Å². The maximum atomic E-state index is 11.9. The van der Waals surface area contributed by atoms with Crippen LogP contribution in [0, 0.1) is 0 Å². The van der Waals surface area contributed by atoms with Crippen molar-refractivity contribution in [2.24, 2.45) is 5.10 Å². The molecular formula is C23H28N4O4. The lowest BCUT2D eigenvalue weighted by Gasteiger charge is -2.19. The largest absolute Gasteiger partial charge is 0.484 e. The van der Waals surface area contributed by atoms with Crippen LogP contribution in [-0.4, -0.2) is 42.6 Å². The van der Waals surface area contributed by atoms with Gasteiger partial charge in [-0.1, -0.05) is 30.3 Å². The number of rotatable bonds is 8. The van der Waals surface area contributed by atoms with E-state index in [1.165, 1.54) is 6.21 Å². The molecule has 2 rings (SSSR count). The van der Waals surface area contributed by atoms with Crippen molar-refractivity contribution in [3.05, 3.63) is 65.7 Å². The molecule has 0 fully saturated rings. The zero-order valence-electron chi connectivity index (χ0n) is 18.0. The first-order chi connectivity index (χ1) is 14.7. The highest BCUT2D eigenvalue weighted by Crippen LogP contribution is 2.11. The molecule has 0 aliphatic carbocycles. The molecule has 0 bridgehead atoms. The third-order valence-corrected chi connectivity index (χ3v) is 3.90. The van der Waals surface area contributed by atoms with Gasteiger partial charge in [0.15, 0.2) is 6.61 Å². The zero-order chi connectivity index (χ0) is 22.7. The Morgan fingerprint density at radius 2 is 1.65 bits per heavy atom. The van der Waals surface area contributed by atoms with Crippen molar-refractivity contribution in [2.45, 2.75) is 32.7 Å². The maximum absolute atomic E-state index is 11.9. The Bertz CT molecular complexity index is 903. The van der Waals surface area contributed by atoms with Gasteiger partial charge in [0.2, 0.25) is 0 Å². The fourth-order valence-electron chi connectivity index (χ4n) is 2.45. The molecular weight excluding hydrogens is 396 g/mol. The number of hydrogen-bond acceptors (Lipinski definition) is 5. The van der Waals surface area contributed by atoms with E-state index in [9.17, 15) is 14.4 Å². The van der Waals surface area contributed by atoms with E-state index < -0.39 is 17.4 Å². The molecule has 0 radical (unpaired) electrons. The maximum Gasteiger partial charge on any atom is 0.329 e. The number of amides is 3. The lowest BCUT2D eigenvalue weighted by atomic mass is 10.1. The van der Waals surface area contributed by atoms with Gasteiger partial charge in [-0.3, -0.25) is 14.4 Å². The number of hydrogen-bond donors (Lipinski definition) is 3. The summed E-state index contributed by atoms with van der Waals surface area (Å²) in [5, 5.41) is 9.13. The van der Waals surface area contributed by atoms with Crippen molar-refractivity contribution in [1.29, 1.82) is 0 Å². The molecule has 31 heavy (non-hydrogen) atoms. The van der Waals surface area contributed by atoms with Gasteiger partial charge in [-0.2, -0.15) is 5.10 Å². The van der Waals surface area contributed by atoms with E-state index in [0.717, 1.165) is 12.0 Å². The predicted octanol–water partition coefficient (Wildman–Crippen LogP) is 1.79. The van der Waals surface area contributed by atoms with Gasteiger partial charge in [0.05, 0.1) is 6.21 Å². The minimum atomic E-state index is -0.843. The molecule has 8 heteroatoms. The van der Waals surface area contributed by atoms with Crippen LogP contribution in [-0.2, 0) is 20.8 Å². The molecule has 3 N–H and O–H groups in total. The number of hydrazone groups is 1.